The number of amides is 2. The van der Waals surface area contributed by atoms with Crippen molar-refractivity contribution in [3.8, 4) is 41.9 Å². The Morgan fingerprint density at radius 3 is 2.73 bits per heavy atom. The van der Waals surface area contributed by atoms with Gasteiger partial charge in [0.25, 0.3) is 5.91 Å². The molecule has 0 aliphatic rings. The molecule has 0 radical (unpaired) electrons. The summed E-state index contributed by atoms with van der Waals surface area (Å²) in [4.78, 5) is 32.6. The van der Waals surface area contributed by atoms with Crippen LogP contribution in [-0.2, 0) is 4.79 Å². The third-order valence-electron chi connectivity index (χ3n) is 4.35. The quantitative estimate of drug-likeness (QED) is 0.416. The highest BCUT2D eigenvalue weighted by atomic mass is 16.3. The van der Waals surface area contributed by atoms with Gasteiger partial charge in [-0.3, -0.25) is 9.59 Å². The number of nitrogens with two attached hydrogens (primary N) is 1. The molecule has 33 heavy (non-hydrogen) atoms. The van der Waals surface area contributed by atoms with Gasteiger partial charge >= 0.3 is 0 Å². The topological polar surface area (TPSA) is 127 Å². The molecule has 3 aromatic rings. The van der Waals surface area contributed by atoms with Crippen LogP contribution in [0.1, 0.15) is 28.0 Å². The molecule has 0 unspecified atom stereocenters. The van der Waals surface area contributed by atoms with Crippen LogP contribution < -0.4 is 5.73 Å². The minimum atomic E-state index is -0.866. The molecular weight excluding hydrogens is 420 g/mol. The van der Waals surface area contributed by atoms with E-state index in [4.69, 9.17) is 5.73 Å². The van der Waals surface area contributed by atoms with Gasteiger partial charge in [0.2, 0.25) is 6.41 Å². The Labute approximate surface area is 192 Å². The maximum absolute atomic E-state index is 11.8. The zero-order valence-electron chi connectivity index (χ0n) is 18.3. The van der Waals surface area contributed by atoms with Gasteiger partial charge in [0, 0.05) is 43.4 Å². The fourth-order valence-corrected chi connectivity index (χ4v) is 2.70. The molecule has 3 rings (SSSR count). The maximum atomic E-state index is 11.8. The number of terminal acetylenes is 1. The van der Waals surface area contributed by atoms with E-state index in [1.54, 1.807) is 48.4 Å². The van der Waals surface area contributed by atoms with Crippen molar-refractivity contribution < 1.29 is 14.7 Å². The number of aromatic nitrogens is 4. The summed E-state index contributed by atoms with van der Waals surface area (Å²) >= 11 is 0. The van der Waals surface area contributed by atoms with Crippen molar-refractivity contribution in [2.75, 3.05) is 13.6 Å². The van der Waals surface area contributed by atoms with Gasteiger partial charge in [0.1, 0.15) is 11.8 Å². The van der Waals surface area contributed by atoms with Crippen molar-refractivity contribution in [2.45, 2.75) is 19.4 Å². The molecule has 2 heterocycles. The van der Waals surface area contributed by atoms with Crippen molar-refractivity contribution in [1.29, 1.82) is 0 Å². The van der Waals surface area contributed by atoms with Gasteiger partial charge in [-0.05, 0) is 24.6 Å². The Morgan fingerprint density at radius 1 is 1.33 bits per heavy atom. The smallest absolute Gasteiger partial charge is 0.267 e. The van der Waals surface area contributed by atoms with Gasteiger partial charge < -0.3 is 15.7 Å². The fourth-order valence-electron chi connectivity index (χ4n) is 2.70. The van der Waals surface area contributed by atoms with Crippen molar-refractivity contribution >= 4 is 12.3 Å². The second-order valence-electron chi connectivity index (χ2n) is 7.00. The zero-order valence-corrected chi connectivity index (χ0v) is 18.3. The predicted octanol–water partition coefficient (Wildman–Crippen LogP) is 1.18. The van der Waals surface area contributed by atoms with E-state index in [2.05, 4.69) is 39.8 Å². The summed E-state index contributed by atoms with van der Waals surface area (Å²) in [5.74, 6) is 5.72. The average molecular weight is 444 g/mol. The van der Waals surface area contributed by atoms with Gasteiger partial charge in [0.05, 0.1) is 6.20 Å². The molecule has 2 aromatic heterocycles. The van der Waals surface area contributed by atoms with E-state index in [9.17, 15) is 14.7 Å². The number of carbonyl (C=O) groups excluding carboxylic acids is 2. The number of primary amides is 1. The first-order chi connectivity index (χ1) is 15.9. The van der Waals surface area contributed by atoms with Crippen LogP contribution in [0.15, 0.2) is 42.7 Å². The Balaban J connectivity index is 0.00000187. The molecule has 2 amide bonds. The first-order valence-electron chi connectivity index (χ1n) is 9.85. The number of carbonyl (C=O) groups is 2. The average Bonchev–Trinajstić information content (AvgIpc) is 3.28. The summed E-state index contributed by atoms with van der Waals surface area (Å²) < 4.78 is 1.54. The van der Waals surface area contributed by atoms with E-state index in [0.29, 0.717) is 42.1 Å². The first-order valence-corrected chi connectivity index (χ1v) is 9.85. The van der Waals surface area contributed by atoms with Crippen LogP contribution in [0.4, 0.5) is 0 Å². The normalized spacial score (nSPS) is 10.7. The second kappa shape index (κ2) is 11.8. The molecule has 0 fully saturated rings. The van der Waals surface area contributed by atoms with Gasteiger partial charge in [-0.15, -0.1) is 12.8 Å². The van der Waals surface area contributed by atoms with Crippen LogP contribution in [0.2, 0.25) is 0 Å². The molecule has 0 saturated carbocycles. The lowest BCUT2D eigenvalue weighted by molar-refractivity contribution is -0.117. The van der Waals surface area contributed by atoms with E-state index in [1.807, 2.05) is 6.92 Å². The molecule has 0 bridgehead atoms. The molecular formula is C24H24N6O3. The first kappa shape index (κ1) is 24.8. The number of rotatable bonds is 7. The van der Waals surface area contributed by atoms with Crippen molar-refractivity contribution in [3.63, 3.8) is 0 Å². The van der Waals surface area contributed by atoms with Gasteiger partial charge in [0.15, 0.2) is 11.6 Å². The summed E-state index contributed by atoms with van der Waals surface area (Å²) in [7, 11) is 1.63. The Hall–Kier alpha value is -4.47. The van der Waals surface area contributed by atoms with Gasteiger partial charge in [-0.2, -0.15) is 5.10 Å². The number of aliphatic hydroxyl groups is 1. The number of aryl methyl sites for hydroxylation is 1. The monoisotopic (exact) mass is 444 g/mol. The largest absolute Gasteiger partial charge is 0.380 e. The number of hydrogen-bond donors (Lipinski definition) is 2. The van der Waals surface area contributed by atoms with Crippen LogP contribution in [0, 0.1) is 31.6 Å². The third-order valence-corrected chi connectivity index (χ3v) is 4.35. The molecule has 168 valence electrons. The second-order valence-corrected chi connectivity index (χ2v) is 7.00. The van der Waals surface area contributed by atoms with E-state index in [0.717, 1.165) is 5.56 Å². The summed E-state index contributed by atoms with van der Waals surface area (Å²) in [6.07, 6.45) is 11.6. The Bertz CT molecular complexity index is 1210. The van der Waals surface area contributed by atoms with Crippen LogP contribution >= 0.6 is 0 Å². The van der Waals surface area contributed by atoms with Crippen molar-refractivity contribution in [2.24, 2.45) is 5.73 Å². The standard InChI is InChI=1S/C22H22N6O3.C2H2/c1-15-12-24-28(13-15)20-11-19(21(23)31)25-22(26-20)17-5-3-4-16(10-17)6-7-18(30)8-9-27(2)14-29;1-2/h3-5,10-14,18,30H,8-9H2,1-2H3,(H2,23,31);1-2H/t18-;/m0./s1. The van der Waals surface area contributed by atoms with E-state index >= 15 is 0 Å². The lowest BCUT2D eigenvalue weighted by atomic mass is 10.1. The van der Waals surface area contributed by atoms with Crippen LogP contribution in [0.3, 0.4) is 0 Å². The van der Waals surface area contributed by atoms with Crippen molar-refractivity contribution in [1.82, 2.24) is 24.6 Å². The molecule has 0 aliphatic heterocycles. The van der Waals surface area contributed by atoms with Crippen LogP contribution in [0.5, 0.6) is 0 Å². The molecule has 0 saturated heterocycles. The Morgan fingerprint density at radius 2 is 2.09 bits per heavy atom. The molecule has 9 heteroatoms. The molecule has 1 aromatic carbocycles. The van der Waals surface area contributed by atoms with Crippen LogP contribution in [-0.4, -0.2) is 61.8 Å². The number of aliphatic hydroxyl groups excluding tert-OH is 1. The highest BCUT2D eigenvalue weighted by Crippen LogP contribution is 2.19. The lowest BCUT2D eigenvalue weighted by Crippen LogP contribution is -2.21. The summed E-state index contributed by atoms with van der Waals surface area (Å²) in [6, 6.07) is 8.60. The van der Waals surface area contributed by atoms with Gasteiger partial charge in [-0.25, -0.2) is 14.6 Å². The Kier molecular flexibility index (Phi) is 8.86. The molecule has 9 nitrogen and oxygen atoms in total. The van der Waals surface area contributed by atoms with Gasteiger partial charge in [-0.1, -0.05) is 24.0 Å². The highest BCUT2D eigenvalue weighted by Gasteiger charge is 2.13. The lowest BCUT2D eigenvalue weighted by Gasteiger charge is -2.10. The summed E-state index contributed by atoms with van der Waals surface area (Å²) in [5.41, 5.74) is 7.74. The predicted molar refractivity (Wildman–Crippen MR) is 124 cm³/mol. The fraction of sp³-hybridized carbons (Fsp3) is 0.208. The SMILES string of the molecule is C#C.Cc1cnn(-c2cc(C(N)=O)nc(-c3cccc(C#C[C@H](O)CCN(C)C=O)c3)n2)c1. The minimum Gasteiger partial charge on any atom is -0.380 e. The van der Waals surface area contributed by atoms with Crippen LogP contribution in [0.25, 0.3) is 17.2 Å². The minimum absolute atomic E-state index is 0.0689. The van der Waals surface area contributed by atoms with Crippen molar-refractivity contribution in [3.05, 3.63) is 59.5 Å². The number of nitrogens with zero attached hydrogens (tertiary/aromatic N) is 5. The third kappa shape index (κ3) is 7.03. The molecule has 0 aliphatic carbocycles. The number of benzene rings is 1. The number of hydrogen-bond acceptors (Lipinski definition) is 6. The molecule has 0 spiro atoms. The van der Waals surface area contributed by atoms with E-state index in [1.165, 1.54) is 11.0 Å². The van der Waals surface area contributed by atoms with E-state index < -0.39 is 12.0 Å². The zero-order chi connectivity index (χ0) is 24.4. The summed E-state index contributed by atoms with van der Waals surface area (Å²) in [6.45, 7) is 2.30. The molecule has 3 N–H and O–H groups in total. The molecule has 1 atom stereocenters. The maximum Gasteiger partial charge on any atom is 0.267 e. The van der Waals surface area contributed by atoms with E-state index in [-0.39, 0.29) is 5.69 Å². The highest BCUT2D eigenvalue weighted by molar-refractivity contribution is 5.91. The summed E-state index contributed by atoms with van der Waals surface area (Å²) in [5, 5.41) is 14.2.